The average Bonchev–Trinajstić information content (AvgIpc) is 3.08. The molecule has 1 aromatic carbocycles. The molecule has 0 spiro atoms. The Morgan fingerprint density at radius 1 is 1.26 bits per heavy atom. The summed E-state index contributed by atoms with van der Waals surface area (Å²) in [5.74, 6) is -0.242. The second-order valence-corrected chi connectivity index (χ2v) is 7.60. The van der Waals surface area contributed by atoms with Crippen molar-refractivity contribution in [1.29, 1.82) is 0 Å². The number of thiophene rings is 1. The zero-order valence-corrected chi connectivity index (χ0v) is 15.3. The molecule has 1 amide bonds. The second-order valence-electron chi connectivity index (χ2n) is 6.47. The van der Waals surface area contributed by atoms with E-state index in [1.807, 2.05) is 6.07 Å². The SMILES string of the molecule is O=C(NCC(O)COc1cccc(C(F)(F)F)c1)c1cc2c(s1)CCCC2. The van der Waals surface area contributed by atoms with E-state index in [0.29, 0.717) is 4.88 Å². The lowest BCUT2D eigenvalue weighted by molar-refractivity contribution is -0.137. The highest BCUT2D eigenvalue weighted by atomic mass is 32.1. The van der Waals surface area contributed by atoms with Gasteiger partial charge in [-0.05, 0) is 55.5 Å². The summed E-state index contributed by atoms with van der Waals surface area (Å²) in [6.07, 6.45) is -1.21. The number of nitrogens with one attached hydrogen (secondary N) is 1. The zero-order chi connectivity index (χ0) is 19.4. The molecule has 0 saturated heterocycles. The van der Waals surface area contributed by atoms with Crippen LogP contribution in [0.4, 0.5) is 13.2 Å². The van der Waals surface area contributed by atoms with Crippen molar-refractivity contribution in [3.63, 3.8) is 0 Å². The molecule has 0 saturated carbocycles. The summed E-state index contributed by atoms with van der Waals surface area (Å²) in [6.45, 7) is -0.261. The number of fused-ring (bicyclic) bond motifs is 1. The fraction of sp³-hybridized carbons (Fsp3) is 0.421. The van der Waals surface area contributed by atoms with Crippen LogP contribution in [-0.4, -0.2) is 30.3 Å². The first kappa shape index (κ1) is 19.7. The number of aliphatic hydroxyl groups excluding tert-OH is 1. The lowest BCUT2D eigenvalue weighted by Gasteiger charge is -2.14. The number of carbonyl (C=O) groups is 1. The highest BCUT2D eigenvalue weighted by Gasteiger charge is 2.30. The Kier molecular flexibility index (Phi) is 6.06. The van der Waals surface area contributed by atoms with Gasteiger partial charge >= 0.3 is 6.18 Å². The van der Waals surface area contributed by atoms with Gasteiger partial charge < -0.3 is 15.2 Å². The minimum absolute atomic E-state index is 0.0149. The number of ether oxygens (including phenoxy) is 1. The first-order chi connectivity index (χ1) is 12.8. The zero-order valence-electron chi connectivity index (χ0n) is 14.5. The summed E-state index contributed by atoms with van der Waals surface area (Å²) in [5, 5.41) is 12.6. The summed E-state index contributed by atoms with van der Waals surface area (Å²) >= 11 is 1.48. The molecule has 2 aromatic rings. The van der Waals surface area contributed by atoms with Crippen LogP contribution in [0, 0.1) is 0 Å². The Balaban J connectivity index is 1.47. The van der Waals surface area contributed by atoms with E-state index in [0.717, 1.165) is 37.8 Å². The predicted molar refractivity (Wildman–Crippen MR) is 96.2 cm³/mol. The Bertz CT molecular complexity index is 780. The second kappa shape index (κ2) is 8.31. The molecule has 1 unspecified atom stereocenters. The number of aryl methyl sites for hydroxylation is 2. The molecule has 1 atom stereocenters. The third-order valence-electron chi connectivity index (χ3n) is 4.32. The average molecular weight is 399 g/mol. The van der Waals surface area contributed by atoms with Crippen LogP contribution in [-0.2, 0) is 19.0 Å². The number of hydrogen-bond donors (Lipinski definition) is 2. The van der Waals surface area contributed by atoms with Crippen molar-refractivity contribution in [2.24, 2.45) is 0 Å². The fourth-order valence-corrected chi connectivity index (χ4v) is 4.08. The van der Waals surface area contributed by atoms with Crippen LogP contribution < -0.4 is 10.1 Å². The van der Waals surface area contributed by atoms with Gasteiger partial charge in [0, 0.05) is 11.4 Å². The number of alkyl halides is 3. The molecule has 4 nitrogen and oxygen atoms in total. The fourth-order valence-electron chi connectivity index (χ4n) is 2.91. The van der Waals surface area contributed by atoms with Crippen molar-refractivity contribution < 1.29 is 27.8 Å². The molecule has 1 aliphatic carbocycles. The number of amides is 1. The van der Waals surface area contributed by atoms with Crippen molar-refractivity contribution >= 4 is 17.2 Å². The lowest BCUT2D eigenvalue weighted by Crippen LogP contribution is -2.35. The first-order valence-corrected chi connectivity index (χ1v) is 9.52. The Morgan fingerprint density at radius 3 is 2.78 bits per heavy atom. The van der Waals surface area contributed by atoms with E-state index in [9.17, 15) is 23.1 Å². The van der Waals surface area contributed by atoms with Crippen molar-refractivity contribution in [1.82, 2.24) is 5.32 Å². The lowest BCUT2D eigenvalue weighted by atomic mass is 9.99. The van der Waals surface area contributed by atoms with E-state index in [-0.39, 0.29) is 24.8 Å². The maximum atomic E-state index is 12.7. The van der Waals surface area contributed by atoms with Crippen LogP contribution >= 0.6 is 11.3 Å². The number of carbonyl (C=O) groups excluding carboxylic acids is 1. The van der Waals surface area contributed by atoms with Gasteiger partial charge in [0.2, 0.25) is 0 Å². The molecule has 1 aromatic heterocycles. The van der Waals surface area contributed by atoms with Crippen molar-refractivity contribution in [3.8, 4) is 5.75 Å². The molecule has 0 fully saturated rings. The third-order valence-corrected chi connectivity index (χ3v) is 5.56. The smallest absolute Gasteiger partial charge is 0.416 e. The van der Waals surface area contributed by atoms with Crippen LogP contribution in [0.3, 0.4) is 0 Å². The summed E-state index contributed by atoms with van der Waals surface area (Å²) in [4.78, 5) is 14.1. The van der Waals surface area contributed by atoms with E-state index < -0.39 is 17.8 Å². The van der Waals surface area contributed by atoms with Crippen LogP contribution in [0.15, 0.2) is 30.3 Å². The highest BCUT2D eigenvalue weighted by molar-refractivity contribution is 7.14. The van der Waals surface area contributed by atoms with Crippen LogP contribution in [0.5, 0.6) is 5.75 Å². The quantitative estimate of drug-likeness (QED) is 0.777. The molecule has 8 heteroatoms. The highest BCUT2D eigenvalue weighted by Crippen LogP contribution is 2.31. The van der Waals surface area contributed by atoms with Gasteiger partial charge in [0.25, 0.3) is 5.91 Å². The largest absolute Gasteiger partial charge is 0.491 e. The minimum Gasteiger partial charge on any atom is -0.491 e. The first-order valence-electron chi connectivity index (χ1n) is 8.71. The molecule has 0 aliphatic heterocycles. The van der Waals surface area contributed by atoms with Crippen molar-refractivity contribution in [2.75, 3.05) is 13.2 Å². The Labute approximate surface area is 159 Å². The molecule has 1 aliphatic rings. The van der Waals surface area contributed by atoms with Gasteiger partial charge in [-0.15, -0.1) is 11.3 Å². The maximum absolute atomic E-state index is 12.7. The van der Waals surface area contributed by atoms with Crippen LogP contribution in [0.1, 0.15) is 38.5 Å². The molecule has 146 valence electrons. The number of benzene rings is 1. The summed E-state index contributed by atoms with van der Waals surface area (Å²) < 4.78 is 43.2. The van der Waals surface area contributed by atoms with E-state index in [1.54, 1.807) is 0 Å². The van der Waals surface area contributed by atoms with E-state index in [1.165, 1.54) is 33.9 Å². The molecule has 0 radical (unpaired) electrons. The Morgan fingerprint density at radius 2 is 2.04 bits per heavy atom. The molecule has 27 heavy (non-hydrogen) atoms. The number of aliphatic hydroxyl groups is 1. The van der Waals surface area contributed by atoms with Gasteiger partial charge in [0.15, 0.2) is 0 Å². The van der Waals surface area contributed by atoms with Gasteiger partial charge in [-0.3, -0.25) is 4.79 Å². The molecule has 3 rings (SSSR count). The van der Waals surface area contributed by atoms with E-state index in [2.05, 4.69) is 5.32 Å². The molecule has 0 bridgehead atoms. The minimum atomic E-state index is -4.45. The summed E-state index contributed by atoms with van der Waals surface area (Å²) in [7, 11) is 0. The summed E-state index contributed by atoms with van der Waals surface area (Å²) in [5.41, 5.74) is 0.411. The van der Waals surface area contributed by atoms with Crippen LogP contribution in [0.2, 0.25) is 0 Å². The van der Waals surface area contributed by atoms with E-state index >= 15 is 0 Å². The van der Waals surface area contributed by atoms with E-state index in [4.69, 9.17) is 4.74 Å². The normalized spacial score (nSPS) is 15.1. The van der Waals surface area contributed by atoms with Gasteiger partial charge in [0.1, 0.15) is 18.5 Å². The maximum Gasteiger partial charge on any atom is 0.416 e. The van der Waals surface area contributed by atoms with Gasteiger partial charge in [0.05, 0.1) is 10.4 Å². The van der Waals surface area contributed by atoms with Crippen LogP contribution in [0.25, 0.3) is 0 Å². The molecule has 2 N–H and O–H groups in total. The third kappa shape index (κ3) is 5.23. The van der Waals surface area contributed by atoms with Crippen molar-refractivity contribution in [2.45, 2.75) is 38.0 Å². The standard InChI is InChI=1S/C19H20F3NO3S/c20-19(21,22)13-5-3-6-15(9-13)26-11-14(24)10-23-18(25)17-8-12-4-1-2-7-16(12)27-17/h3,5-6,8-9,14,24H,1-2,4,7,10-11H2,(H,23,25). The molecular formula is C19H20F3NO3S. The van der Waals surface area contributed by atoms with Gasteiger partial charge in [-0.2, -0.15) is 13.2 Å². The molecular weight excluding hydrogens is 379 g/mol. The van der Waals surface area contributed by atoms with Gasteiger partial charge in [-0.1, -0.05) is 6.07 Å². The number of halogens is 3. The number of hydrogen-bond acceptors (Lipinski definition) is 4. The predicted octanol–water partition coefficient (Wildman–Crippen LogP) is 3.82. The van der Waals surface area contributed by atoms with Crippen molar-refractivity contribution in [3.05, 3.63) is 51.2 Å². The summed E-state index contributed by atoms with van der Waals surface area (Å²) in [6, 6.07) is 6.35. The Hall–Kier alpha value is -2.06. The van der Waals surface area contributed by atoms with Gasteiger partial charge in [-0.25, -0.2) is 0 Å². The number of rotatable bonds is 6. The molecule has 1 heterocycles. The monoisotopic (exact) mass is 399 g/mol. The topological polar surface area (TPSA) is 58.6 Å².